The molecule has 1 atom stereocenters. The maximum absolute atomic E-state index is 12.7. The fraction of sp³-hybridized carbons (Fsp3) is 0.350. The van der Waals surface area contributed by atoms with Crippen LogP contribution in [0.25, 0.3) is 0 Å². The Bertz CT molecular complexity index is 901. The molecule has 0 fully saturated rings. The summed E-state index contributed by atoms with van der Waals surface area (Å²) in [5, 5.41) is 3.15. The van der Waals surface area contributed by atoms with E-state index in [1.54, 1.807) is 25.1 Å². The van der Waals surface area contributed by atoms with Gasteiger partial charge in [0.15, 0.2) is 0 Å². The van der Waals surface area contributed by atoms with Gasteiger partial charge < -0.3 is 10.1 Å². The fourth-order valence-corrected chi connectivity index (χ4v) is 4.16. The molecule has 0 radical (unpaired) electrons. The molecule has 0 saturated heterocycles. The molecular formula is C20H25ClN2O4S. The lowest BCUT2D eigenvalue weighted by molar-refractivity contribution is -0.122. The van der Waals surface area contributed by atoms with Crippen molar-refractivity contribution in [2.75, 3.05) is 23.7 Å². The summed E-state index contributed by atoms with van der Waals surface area (Å²) >= 11 is 6.00. The number of hydrogen-bond acceptors (Lipinski definition) is 4. The van der Waals surface area contributed by atoms with Gasteiger partial charge in [0.2, 0.25) is 15.9 Å². The molecule has 28 heavy (non-hydrogen) atoms. The van der Waals surface area contributed by atoms with Crippen molar-refractivity contribution in [3.8, 4) is 5.75 Å². The zero-order chi connectivity index (χ0) is 20.7. The second-order valence-electron chi connectivity index (χ2n) is 6.42. The van der Waals surface area contributed by atoms with Crippen molar-refractivity contribution in [3.05, 3.63) is 59.1 Å². The van der Waals surface area contributed by atoms with Crippen molar-refractivity contribution < 1.29 is 17.9 Å². The molecule has 0 saturated carbocycles. The summed E-state index contributed by atoms with van der Waals surface area (Å²) in [6.45, 7) is 4.29. The van der Waals surface area contributed by atoms with Crippen LogP contribution in [0.3, 0.4) is 0 Å². The number of nitrogens with one attached hydrogen (secondary N) is 1. The SMILES string of the molecule is CC[C@H](C(=O)NCCOc1ccc(C)cc1)N(c1cccc(Cl)c1)S(C)(=O)=O. The first-order valence-corrected chi connectivity index (χ1v) is 11.2. The van der Waals surface area contributed by atoms with Gasteiger partial charge in [-0.3, -0.25) is 9.10 Å². The molecule has 0 spiro atoms. The van der Waals surface area contributed by atoms with Gasteiger partial charge in [0.25, 0.3) is 0 Å². The number of ether oxygens (including phenoxy) is 1. The van der Waals surface area contributed by atoms with Crippen LogP contribution in [-0.4, -0.2) is 39.8 Å². The summed E-state index contributed by atoms with van der Waals surface area (Å²) in [6.07, 6.45) is 1.38. The first-order chi connectivity index (χ1) is 13.2. The van der Waals surface area contributed by atoms with Crippen molar-refractivity contribution in [3.63, 3.8) is 0 Å². The number of aryl methyl sites for hydroxylation is 1. The van der Waals surface area contributed by atoms with Gasteiger partial charge in [-0.25, -0.2) is 8.42 Å². The summed E-state index contributed by atoms with van der Waals surface area (Å²) in [7, 11) is -3.69. The summed E-state index contributed by atoms with van der Waals surface area (Å²) in [5.41, 5.74) is 1.49. The molecule has 8 heteroatoms. The van der Waals surface area contributed by atoms with E-state index >= 15 is 0 Å². The maximum atomic E-state index is 12.7. The van der Waals surface area contributed by atoms with Gasteiger partial charge in [0, 0.05) is 5.02 Å². The molecule has 152 valence electrons. The number of carbonyl (C=O) groups excluding carboxylic acids is 1. The minimum atomic E-state index is -3.69. The van der Waals surface area contributed by atoms with Crippen molar-refractivity contribution in [1.29, 1.82) is 0 Å². The highest BCUT2D eigenvalue weighted by atomic mass is 35.5. The molecule has 2 aromatic carbocycles. The minimum Gasteiger partial charge on any atom is -0.492 e. The molecule has 0 aliphatic carbocycles. The third-order valence-corrected chi connectivity index (χ3v) is 5.50. The minimum absolute atomic E-state index is 0.260. The number of sulfonamides is 1. The largest absolute Gasteiger partial charge is 0.492 e. The predicted molar refractivity (Wildman–Crippen MR) is 113 cm³/mol. The van der Waals surface area contributed by atoms with E-state index in [4.69, 9.17) is 16.3 Å². The van der Waals surface area contributed by atoms with E-state index < -0.39 is 16.1 Å². The number of hydrogen-bond donors (Lipinski definition) is 1. The molecular weight excluding hydrogens is 400 g/mol. The van der Waals surface area contributed by atoms with Crippen LogP contribution in [0.2, 0.25) is 5.02 Å². The van der Waals surface area contributed by atoms with Crippen LogP contribution in [0.1, 0.15) is 18.9 Å². The first-order valence-electron chi connectivity index (χ1n) is 8.94. The lowest BCUT2D eigenvalue weighted by Gasteiger charge is -2.30. The Morgan fingerprint density at radius 2 is 1.89 bits per heavy atom. The lowest BCUT2D eigenvalue weighted by atomic mass is 10.2. The van der Waals surface area contributed by atoms with Gasteiger partial charge in [0.1, 0.15) is 18.4 Å². The smallest absolute Gasteiger partial charge is 0.244 e. The average molecular weight is 425 g/mol. The van der Waals surface area contributed by atoms with Crippen LogP contribution >= 0.6 is 11.6 Å². The van der Waals surface area contributed by atoms with Crippen LogP contribution in [0.4, 0.5) is 5.69 Å². The molecule has 0 unspecified atom stereocenters. The molecule has 2 aromatic rings. The van der Waals surface area contributed by atoms with Gasteiger partial charge >= 0.3 is 0 Å². The third-order valence-electron chi connectivity index (χ3n) is 4.08. The van der Waals surface area contributed by atoms with Gasteiger partial charge in [-0.2, -0.15) is 0 Å². The summed E-state index contributed by atoms with van der Waals surface area (Å²) < 4.78 is 31.4. The van der Waals surface area contributed by atoms with Crippen molar-refractivity contribution in [2.45, 2.75) is 26.3 Å². The molecule has 2 rings (SSSR count). The van der Waals surface area contributed by atoms with Crippen LogP contribution in [0, 0.1) is 6.92 Å². The highest BCUT2D eigenvalue weighted by Gasteiger charge is 2.31. The number of nitrogens with zero attached hydrogens (tertiary/aromatic N) is 1. The topological polar surface area (TPSA) is 75.7 Å². The molecule has 6 nitrogen and oxygen atoms in total. The Labute approximate surface area is 171 Å². The summed E-state index contributed by atoms with van der Waals surface area (Å²) in [5.74, 6) is 0.323. The standard InChI is InChI=1S/C20H25ClN2O4S/c1-4-19(23(28(3,25)26)17-7-5-6-16(21)14-17)20(24)22-12-13-27-18-10-8-15(2)9-11-18/h5-11,14,19H,4,12-13H2,1-3H3,(H,22,24)/t19-/m1/s1. The van der Waals surface area contributed by atoms with E-state index in [1.165, 1.54) is 6.07 Å². The third kappa shape index (κ3) is 6.14. The monoisotopic (exact) mass is 424 g/mol. The molecule has 0 aromatic heterocycles. The first kappa shape index (κ1) is 22.0. The Kier molecular flexibility index (Phi) is 7.71. The quantitative estimate of drug-likeness (QED) is 0.626. The molecule has 0 bridgehead atoms. The molecule has 1 amide bonds. The van der Waals surface area contributed by atoms with Gasteiger partial charge in [-0.15, -0.1) is 0 Å². The van der Waals surface area contributed by atoms with E-state index in [-0.39, 0.29) is 19.1 Å². The molecule has 0 aliphatic rings. The number of benzene rings is 2. The van der Waals surface area contributed by atoms with E-state index in [0.29, 0.717) is 22.9 Å². The van der Waals surface area contributed by atoms with Crippen molar-refractivity contribution >= 4 is 33.2 Å². The Hall–Kier alpha value is -2.25. The number of halogens is 1. The maximum Gasteiger partial charge on any atom is 0.244 e. The Balaban J connectivity index is 2.04. The zero-order valence-electron chi connectivity index (χ0n) is 16.2. The normalized spacial score (nSPS) is 12.3. The zero-order valence-corrected chi connectivity index (χ0v) is 17.8. The molecule has 1 N–H and O–H groups in total. The van der Waals surface area contributed by atoms with Crippen molar-refractivity contribution in [2.24, 2.45) is 0 Å². The molecule has 0 aliphatic heterocycles. The summed E-state index contributed by atoms with van der Waals surface area (Å²) in [4.78, 5) is 12.7. The highest BCUT2D eigenvalue weighted by Crippen LogP contribution is 2.25. The lowest BCUT2D eigenvalue weighted by Crippen LogP contribution is -2.50. The second-order valence-corrected chi connectivity index (χ2v) is 8.71. The van der Waals surface area contributed by atoms with Crippen LogP contribution in [-0.2, 0) is 14.8 Å². The van der Waals surface area contributed by atoms with E-state index in [2.05, 4.69) is 5.32 Å². The van der Waals surface area contributed by atoms with E-state index in [0.717, 1.165) is 16.1 Å². The van der Waals surface area contributed by atoms with E-state index in [1.807, 2.05) is 31.2 Å². The Morgan fingerprint density at radius 3 is 2.46 bits per heavy atom. The molecule has 0 heterocycles. The van der Waals surface area contributed by atoms with Gasteiger partial charge in [-0.05, 0) is 43.7 Å². The van der Waals surface area contributed by atoms with Gasteiger partial charge in [-0.1, -0.05) is 42.3 Å². The van der Waals surface area contributed by atoms with Crippen LogP contribution in [0.5, 0.6) is 5.75 Å². The van der Waals surface area contributed by atoms with E-state index in [9.17, 15) is 13.2 Å². The Morgan fingerprint density at radius 1 is 1.21 bits per heavy atom. The predicted octanol–water partition coefficient (Wildman–Crippen LogP) is 3.39. The van der Waals surface area contributed by atoms with Gasteiger partial charge in [0.05, 0.1) is 18.5 Å². The fourth-order valence-electron chi connectivity index (χ4n) is 2.77. The van der Waals surface area contributed by atoms with Crippen LogP contribution in [0.15, 0.2) is 48.5 Å². The second kappa shape index (κ2) is 9.80. The number of rotatable bonds is 9. The number of carbonyl (C=O) groups is 1. The van der Waals surface area contributed by atoms with Crippen molar-refractivity contribution in [1.82, 2.24) is 5.32 Å². The highest BCUT2D eigenvalue weighted by molar-refractivity contribution is 7.92. The average Bonchev–Trinajstić information content (AvgIpc) is 2.63. The van der Waals surface area contributed by atoms with Crippen LogP contribution < -0.4 is 14.4 Å². The summed E-state index contributed by atoms with van der Waals surface area (Å²) in [6, 6.07) is 13.2. The number of amides is 1. The number of anilines is 1.